The van der Waals surface area contributed by atoms with E-state index in [2.05, 4.69) is 10.1 Å². The van der Waals surface area contributed by atoms with E-state index < -0.39 is 23.2 Å². The third kappa shape index (κ3) is 4.22. The zero-order valence-electron chi connectivity index (χ0n) is 18.9. The highest BCUT2D eigenvalue weighted by molar-refractivity contribution is 6.30. The second-order valence-corrected chi connectivity index (χ2v) is 8.55. The number of carbonyl (C=O) groups excluding carboxylic acids is 1. The Kier molecular flexibility index (Phi) is 6.30. The number of halogens is 1. The van der Waals surface area contributed by atoms with Crippen molar-refractivity contribution in [2.24, 2.45) is 5.10 Å². The number of amides is 1. The van der Waals surface area contributed by atoms with Gasteiger partial charge in [0.15, 0.2) is 0 Å². The van der Waals surface area contributed by atoms with Crippen molar-refractivity contribution in [1.82, 2.24) is 14.6 Å². The van der Waals surface area contributed by atoms with E-state index >= 15 is 0 Å². The minimum absolute atomic E-state index is 0.166. The molecule has 1 amide bonds. The summed E-state index contributed by atoms with van der Waals surface area (Å²) in [6.07, 6.45) is 0.408. The lowest BCUT2D eigenvalue weighted by Gasteiger charge is -2.22. The molecule has 0 fully saturated rings. The van der Waals surface area contributed by atoms with Gasteiger partial charge in [0.1, 0.15) is 5.56 Å². The van der Waals surface area contributed by atoms with Crippen LogP contribution in [0.3, 0.4) is 0 Å². The molecule has 1 aliphatic heterocycles. The largest absolute Gasteiger partial charge is 0.493 e. The molecule has 0 aliphatic carbocycles. The van der Waals surface area contributed by atoms with E-state index in [1.807, 2.05) is 43.3 Å². The number of aromatic amines is 1. The first-order chi connectivity index (χ1) is 16.2. The highest BCUT2D eigenvalue weighted by atomic mass is 35.5. The average molecular weight is 482 g/mol. The molecule has 4 rings (SSSR count). The second kappa shape index (κ2) is 9.18. The predicted octanol–water partition coefficient (Wildman–Crippen LogP) is 3.04. The maximum absolute atomic E-state index is 12.8. The molecule has 34 heavy (non-hydrogen) atoms. The molecule has 1 aliphatic rings. The molecule has 3 aromatic rings. The fourth-order valence-electron chi connectivity index (χ4n) is 3.95. The molecule has 0 bridgehead atoms. The molecule has 2 N–H and O–H groups in total. The van der Waals surface area contributed by atoms with Gasteiger partial charge in [-0.25, -0.2) is 14.4 Å². The summed E-state index contributed by atoms with van der Waals surface area (Å²) in [7, 11) is 3.87. The molecule has 1 aromatic heterocycles. The van der Waals surface area contributed by atoms with Crippen molar-refractivity contribution in [3.8, 4) is 11.6 Å². The minimum atomic E-state index is -0.815. The van der Waals surface area contributed by atoms with Crippen LogP contribution in [0.5, 0.6) is 5.88 Å². The van der Waals surface area contributed by atoms with Gasteiger partial charge in [-0.1, -0.05) is 36.7 Å². The van der Waals surface area contributed by atoms with Gasteiger partial charge in [-0.2, -0.15) is 5.10 Å². The number of aromatic hydroxyl groups is 1. The van der Waals surface area contributed by atoms with Crippen LogP contribution in [0.2, 0.25) is 5.02 Å². The van der Waals surface area contributed by atoms with E-state index in [9.17, 15) is 19.5 Å². The van der Waals surface area contributed by atoms with Crippen LogP contribution >= 0.6 is 11.6 Å². The summed E-state index contributed by atoms with van der Waals surface area (Å²) >= 11 is 6.05. The molecule has 2 heterocycles. The number of carbonyl (C=O) groups is 1. The summed E-state index contributed by atoms with van der Waals surface area (Å²) in [5.74, 6) is -0.793. The fourth-order valence-corrected chi connectivity index (χ4v) is 4.13. The molecule has 9 nitrogen and oxygen atoms in total. The Bertz CT molecular complexity index is 1390. The van der Waals surface area contributed by atoms with E-state index in [-0.39, 0.29) is 35.7 Å². The molecule has 0 spiro atoms. The monoisotopic (exact) mass is 481 g/mol. The van der Waals surface area contributed by atoms with Crippen molar-refractivity contribution < 1.29 is 9.90 Å². The third-order valence-corrected chi connectivity index (χ3v) is 5.94. The van der Waals surface area contributed by atoms with E-state index in [0.29, 0.717) is 5.02 Å². The Morgan fingerprint density at radius 3 is 2.53 bits per heavy atom. The first kappa shape index (κ1) is 23.3. The van der Waals surface area contributed by atoms with Crippen LogP contribution in [-0.4, -0.2) is 45.4 Å². The lowest BCUT2D eigenvalue weighted by Crippen LogP contribution is -2.33. The quantitative estimate of drug-likeness (QED) is 0.582. The zero-order valence-corrected chi connectivity index (χ0v) is 19.7. The standard InChI is InChI=1S/C24H24ClN5O4/c1-4-20(31)30-19(14-8-10-16(11-9-14)28(2)3)13-18(27-30)21-22(32)26-24(34)29(23(21)33)17-7-5-6-15(25)12-17/h5-12,19,33H,4,13H2,1-3H3,(H,26,32,34)/t19-/m1/s1. The summed E-state index contributed by atoms with van der Waals surface area (Å²) in [5, 5.41) is 17.1. The maximum Gasteiger partial charge on any atom is 0.335 e. The summed E-state index contributed by atoms with van der Waals surface area (Å²) in [6, 6.07) is 13.5. The Morgan fingerprint density at radius 1 is 1.21 bits per heavy atom. The van der Waals surface area contributed by atoms with Crippen molar-refractivity contribution in [2.45, 2.75) is 25.8 Å². The Morgan fingerprint density at radius 2 is 1.91 bits per heavy atom. The summed E-state index contributed by atoms with van der Waals surface area (Å²) < 4.78 is 0.955. The van der Waals surface area contributed by atoms with Crippen LogP contribution in [0.4, 0.5) is 5.69 Å². The summed E-state index contributed by atoms with van der Waals surface area (Å²) in [4.78, 5) is 42.2. The van der Waals surface area contributed by atoms with Crippen LogP contribution in [0, 0.1) is 0 Å². The number of hydrogen-bond donors (Lipinski definition) is 2. The molecule has 1 atom stereocenters. The van der Waals surface area contributed by atoms with Gasteiger partial charge in [0.05, 0.1) is 17.4 Å². The number of anilines is 1. The van der Waals surface area contributed by atoms with Crippen LogP contribution in [0.25, 0.3) is 5.69 Å². The predicted molar refractivity (Wildman–Crippen MR) is 131 cm³/mol. The Labute approximate surface area is 200 Å². The van der Waals surface area contributed by atoms with Gasteiger partial charge in [-0.15, -0.1) is 0 Å². The van der Waals surface area contributed by atoms with Crippen LogP contribution in [-0.2, 0) is 4.79 Å². The second-order valence-electron chi connectivity index (χ2n) is 8.12. The molecular formula is C24H24ClN5O4. The number of rotatable bonds is 5. The number of hydrazone groups is 1. The molecule has 0 saturated heterocycles. The summed E-state index contributed by atoms with van der Waals surface area (Å²) in [5.41, 5.74) is 0.558. The van der Waals surface area contributed by atoms with Crippen molar-refractivity contribution in [3.63, 3.8) is 0 Å². The molecule has 176 valence electrons. The molecule has 0 radical (unpaired) electrons. The van der Waals surface area contributed by atoms with Crippen molar-refractivity contribution in [2.75, 3.05) is 19.0 Å². The first-order valence-corrected chi connectivity index (χ1v) is 11.1. The normalized spacial score (nSPS) is 15.4. The highest BCUT2D eigenvalue weighted by Gasteiger charge is 2.35. The van der Waals surface area contributed by atoms with Crippen molar-refractivity contribution >= 4 is 28.9 Å². The van der Waals surface area contributed by atoms with Crippen molar-refractivity contribution in [3.05, 3.63) is 85.5 Å². The van der Waals surface area contributed by atoms with Gasteiger partial charge < -0.3 is 10.0 Å². The van der Waals surface area contributed by atoms with Crippen molar-refractivity contribution in [1.29, 1.82) is 0 Å². The molecule has 0 unspecified atom stereocenters. The van der Waals surface area contributed by atoms with Gasteiger partial charge in [-0.05, 0) is 35.9 Å². The van der Waals surface area contributed by atoms with E-state index in [4.69, 9.17) is 11.6 Å². The summed E-state index contributed by atoms with van der Waals surface area (Å²) in [6.45, 7) is 1.73. The number of benzene rings is 2. The Balaban J connectivity index is 1.81. The SMILES string of the molecule is CCC(=O)N1N=C(c2c(O)n(-c3cccc(Cl)c3)c(=O)[nH]c2=O)C[C@@H]1c1ccc(N(C)C)cc1. The molecular weight excluding hydrogens is 458 g/mol. The highest BCUT2D eigenvalue weighted by Crippen LogP contribution is 2.35. The number of H-pyrrole nitrogens is 1. The third-order valence-electron chi connectivity index (χ3n) is 5.70. The minimum Gasteiger partial charge on any atom is -0.493 e. The van der Waals surface area contributed by atoms with E-state index in [0.717, 1.165) is 15.8 Å². The van der Waals surface area contributed by atoms with Crippen LogP contribution in [0.1, 0.15) is 36.9 Å². The van der Waals surface area contributed by atoms with Gasteiger partial charge in [0.25, 0.3) is 5.56 Å². The molecule has 2 aromatic carbocycles. The Hall–Kier alpha value is -3.85. The lowest BCUT2D eigenvalue weighted by molar-refractivity contribution is -0.132. The maximum atomic E-state index is 12.8. The fraction of sp³-hybridized carbons (Fsp3) is 0.250. The van der Waals surface area contributed by atoms with Crippen LogP contribution < -0.4 is 16.1 Å². The van der Waals surface area contributed by atoms with Gasteiger partial charge >= 0.3 is 5.69 Å². The lowest BCUT2D eigenvalue weighted by atomic mass is 9.98. The first-order valence-electron chi connectivity index (χ1n) is 10.7. The van der Waals surface area contributed by atoms with Gasteiger partial charge in [-0.3, -0.25) is 14.6 Å². The number of aromatic nitrogens is 2. The molecule has 0 saturated carbocycles. The van der Waals surface area contributed by atoms with Gasteiger partial charge in [0.2, 0.25) is 11.8 Å². The number of nitrogens with one attached hydrogen (secondary N) is 1. The smallest absolute Gasteiger partial charge is 0.335 e. The van der Waals surface area contributed by atoms with E-state index in [1.54, 1.807) is 25.1 Å². The van der Waals surface area contributed by atoms with E-state index in [1.165, 1.54) is 11.1 Å². The average Bonchev–Trinajstić information content (AvgIpc) is 3.23. The molecule has 10 heteroatoms. The number of nitrogens with zero attached hydrogens (tertiary/aromatic N) is 4. The zero-order chi connectivity index (χ0) is 24.6. The topological polar surface area (TPSA) is 111 Å². The number of hydrogen-bond acceptors (Lipinski definition) is 6. The van der Waals surface area contributed by atoms with Gasteiger partial charge in [0, 0.05) is 37.6 Å². The van der Waals surface area contributed by atoms with Crippen LogP contribution in [0.15, 0.2) is 63.2 Å².